The third-order valence-electron chi connectivity index (χ3n) is 7.63. The number of aromatic nitrogens is 1. The number of allylic oxidation sites excluding steroid dienone is 1. The number of piperidine rings is 1. The summed E-state index contributed by atoms with van der Waals surface area (Å²) < 4.78 is 0. The standard InChI is InChI=1S/C31H31Cl2N5O3/c1-35-17-21(16-34)20-14-25(32)28(26(33)15-20)30(39)38-13-10-22-19(18-38)6-5-7-23(22)27-9-8-24(31(40)41)29(36-27)37-11-3-2-4-12-37/h5-9,14-17H,2-4,10-13,18,34H2,1H3,(H,40,41). The van der Waals surface area contributed by atoms with Gasteiger partial charge < -0.3 is 20.6 Å². The molecular formula is C31H31Cl2N5O3. The highest BCUT2D eigenvalue weighted by Gasteiger charge is 2.28. The molecule has 1 saturated heterocycles. The summed E-state index contributed by atoms with van der Waals surface area (Å²) in [5, 5.41) is 10.3. The number of benzene rings is 2. The van der Waals surface area contributed by atoms with Crippen molar-refractivity contribution in [1.82, 2.24) is 9.88 Å². The summed E-state index contributed by atoms with van der Waals surface area (Å²) in [6, 6.07) is 12.7. The van der Waals surface area contributed by atoms with Crippen molar-refractivity contribution >= 4 is 52.7 Å². The van der Waals surface area contributed by atoms with E-state index in [2.05, 4.69) is 9.89 Å². The van der Waals surface area contributed by atoms with Crippen molar-refractivity contribution in [2.75, 3.05) is 31.6 Å². The number of amides is 1. The van der Waals surface area contributed by atoms with E-state index in [0.717, 1.165) is 54.7 Å². The first-order valence-corrected chi connectivity index (χ1v) is 14.3. The van der Waals surface area contributed by atoms with Gasteiger partial charge >= 0.3 is 5.97 Å². The molecule has 0 atom stereocenters. The minimum atomic E-state index is -0.979. The maximum absolute atomic E-state index is 13.6. The lowest BCUT2D eigenvalue weighted by atomic mass is 9.92. The van der Waals surface area contributed by atoms with E-state index >= 15 is 0 Å². The fourth-order valence-electron chi connectivity index (χ4n) is 5.59. The number of hydrogen-bond acceptors (Lipinski definition) is 6. The summed E-state index contributed by atoms with van der Waals surface area (Å²) in [4.78, 5) is 38.3. The summed E-state index contributed by atoms with van der Waals surface area (Å²) in [6.45, 7) is 2.45. The van der Waals surface area contributed by atoms with Crippen LogP contribution in [0.3, 0.4) is 0 Å². The Morgan fingerprint density at radius 2 is 1.78 bits per heavy atom. The fraction of sp³-hybridized carbons (Fsp3) is 0.290. The van der Waals surface area contributed by atoms with Crippen LogP contribution in [-0.4, -0.2) is 59.8 Å². The van der Waals surface area contributed by atoms with E-state index in [9.17, 15) is 14.7 Å². The highest BCUT2D eigenvalue weighted by molar-refractivity contribution is 6.40. The molecule has 0 saturated carbocycles. The van der Waals surface area contributed by atoms with Crippen LogP contribution < -0.4 is 10.6 Å². The van der Waals surface area contributed by atoms with Crippen LogP contribution in [0.15, 0.2) is 53.7 Å². The minimum Gasteiger partial charge on any atom is -0.478 e. The molecule has 2 aliphatic heterocycles. The van der Waals surface area contributed by atoms with Crippen LogP contribution in [-0.2, 0) is 13.0 Å². The molecule has 41 heavy (non-hydrogen) atoms. The molecule has 0 bridgehead atoms. The normalized spacial score (nSPS) is 15.7. The quantitative estimate of drug-likeness (QED) is 0.343. The number of hydrogen-bond donors (Lipinski definition) is 2. The molecule has 8 nitrogen and oxygen atoms in total. The van der Waals surface area contributed by atoms with Crippen molar-refractivity contribution in [3.05, 3.63) is 86.5 Å². The Bertz CT molecular complexity index is 1540. The summed E-state index contributed by atoms with van der Waals surface area (Å²) in [7, 11) is 1.64. The molecule has 1 fully saturated rings. The molecule has 5 rings (SSSR count). The Morgan fingerprint density at radius 1 is 1.05 bits per heavy atom. The Labute approximate surface area is 249 Å². The van der Waals surface area contributed by atoms with Crippen molar-refractivity contribution in [2.45, 2.75) is 32.2 Å². The highest BCUT2D eigenvalue weighted by atomic mass is 35.5. The number of carbonyl (C=O) groups excluding carboxylic acids is 1. The van der Waals surface area contributed by atoms with Gasteiger partial charge in [-0.2, -0.15) is 0 Å². The SMILES string of the molecule is CN=CC(=CN)c1cc(Cl)c(C(=O)N2CCc3c(cccc3-c3ccc(C(=O)O)c(N4CCCCC4)n3)C2)c(Cl)c1. The maximum Gasteiger partial charge on any atom is 0.339 e. The van der Waals surface area contributed by atoms with E-state index < -0.39 is 5.97 Å². The number of nitrogens with two attached hydrogens (primary N) is 1. The van der Waals surface area contributed by atoms with Crippen molar-refractivity contribution in [3.63, 3.8) is 0 Å². The number of halogens is 2. The number of fused-ring (bicyclic) bond motifs is 1. The van der Waals surface area contributed by atoms with Crippen LogP contribution in [0.5, 0.6) is 0 Å². The summed E-state index contributed by atoms with van der Waals surface area (Å²) in [5.74, 6) is -0.708. The Morgan fingerprint density at radius 3 is 2.44 bits per heavy atom. The molecule has 2 aliphatic rings. The van der Waals surface area contributed by atoms with E-state index in [1.165, 1.54) is 6.20 Å². The van der Waals surface area contributed by atoms with Crippen LogP contribution >= 0.6 is 23.2 Å². The van der Waals surface area contributed by atoms with Crippen LogP contribution in [0.25, 0.3) is 16.8 Å². The van der Waals surface area contributed by atoms with Gasteiger partial charge in [0.1, 0.15) is 11.4 Å². The highest BCUT2D eigenvalue weighted by Crippen LogP contribution is 2.35. The molecule has 0 radical (unpaired) electrons. The third-order valence-corrected chi connectivity index (χ3v) is 8.22. The molecule has 3 N–H and O–H groups in total. The molecule has 3 aromatic rings. The first-order valence-electron chi connectivity index (χ1n) is 13.6. The number of carboxylic acids is 1. The van der Waals surface area contributed by atoms with Crippen LogP contribution in [0.4, 0.5) is 5.82 Å². The lowest BCUT2D eigenvalue weighted by Gasteiger charge is -2.31. The van der Waals surface area contributed by atoms with Gasteiger partial charge in [-0.15, -0.1) is 0 Å². The molecule has 1 amide bonds. The number of carboxylic acid groups (broad SMARTS) is 1. The van der Waals surface area contributed by atoms with Gasteiger partial charge in [-0.25, -0.2) is 9.78 Å². The summed E-state index contributed by atoms with van der Waals surface area (Å²) in [5.41, 5.74) is 11.3. The average molecular weight is 593 g/mol. The van der Waals surface area contributed by atoms with Gasteiger partial charge in [0.25, 0.3) is 5.91 Å². The largest absolute Gasteiger partial charge is 0.478 e. The predicted molar refractivity (Wildman–Crippen MR) is 164 cm³/mol. The van der Waals surface area contributed by atoms with E-state index in [4.69, 9.17) is 33.9 Å². The zero-order chi connectivity index (χ0) is 29.1. The maximum atomic E-state index is 13.6. The van der Waals surface area contributed by atoms with E-state index in [-0.39, 0.29) is 27.1 Å². The van der Waals surface area contributed by atoms with Gasteiger partial charge in [0.2, 0.25) is 0 Å². The number of aliphatic imine (C=N–C) groups is 1. The van der Waals surface area contributed by atoms with Crippen LogP contribution in [0.2, 0.25) is 10.0 Å². The molecule has 0 unspecified atom stereocenters. The average Bonchev–Trinajstić information content (AvgIpc) is 2.98. The van der Waals surface area contributed by atoms with Crippen LogP contribution in [0.1, 0.15) is 56.7 Å². The molecule has 3 heterocycles. The first kappa shape index (κ1) is 28.6. The minimum absolute atomic E-state index is 0.216. The van der Waals surface area contributed by atoms with E-state index in [1.54, 1.807) is 42.4 Å². The second-order valence-electron chi connectivity index (χ2n) is 10.2. The molecule has 0 spiro atoms. The Balaban J connectivity index is 1.44. The zero-order valence-electron chi connectivity index (χ0n) is 22.7. The van der Waals surface area contributed by atoms with E-state index in [0.29, 0.717) is 36.5 Å². The number of aromatic carboxylic acids is 1. The summed E-state index contributed by atoms with van der Waals surface area (Å²) in [6.07, 6.45) is 6.80. The fourth-order valence-corrected chi connectivity index (χ4v) is 6.24. The molecular weight excluding hydrogens is 561 g/mol. The van der Waals surface area contributed by atoms with E-state index in [1.807, 2.05) is 18.2 Å². The number of carbonyl (C=O) groups is 2. The number of rotatable bonds is 6. The van der Waals surface area contributed by atoms with Crippen LogP contribution in [0, 0.1) is 0 Å². The first-order chi connectivity index (χ1) is 19.8. The summed E-state index contributed by atoms with van der Waals surface area (Å²) >= 11 is 13.1. The van der Waals surface area contributed by atoms with Gasteiger partial charge in [-0.3, -0.25) is 9.79 Å². The Hall–Kier alpha value is -3.88. The third kappa shape index (κ3) is 5.80. The number of pyridine rings is 1. The number of anilines is 1. The van der Waals surface area contributed by atoms with Gasteiger partial charge in [-0.1, -0.05) is 41.4 Å². The van der Waals surface area contributed by atoms with Crippen molar-refractivity contribution in [2.24, 2.45) is 10.7 Å². The molecule has 1 aromatic heterocycles. The van der Waals surface area contributed by atoms with Crippen molar-refractivity contribution < 1.29 is 14.7 Å². The van der Waals surface area contributed by atoms with Gasteiger partial charge in [0, 0.05) is 56.8 Å². The van der Waals surface area contributed by atoms with Crippen molar-refractivity contribution in [1.29, 1.82) is 0 Å². The molecule has 212 valence electrons. The topological polar surface area (TPSA) is 112 Å². The second-order valence-corrected chi connectivity index (χ2v) is 11.0. The van der Waals surface area contributed by atoms with Crippen molar-refractivity contribution in [3.8, 4) is 11.3 Å². The van der Waals surface area contributed by atoms with Gasteiger partial charge in [0.15, 0.2) is 0 Å². The molecule has 10 heteroatoms. The number of nitrogens with zero attached hydrogens (tertiary/aromatic N) is 4. The van der Waals surface area contributed by atoms with Gasteiger partial charge in [0.05, 0.1) is 21.3 Å². The molecule has 0 aliphatic carbocycles. The smallest absolute Gasteiger partial charge is 0.339 e. The monoisotopic (exact) mass is 591 g/mol. The second kappa shape index (κ2) is 12.3. The predicted octanol–water partition coefficient (Wildman–Crippen LogP) is 5.94. The lowest BCUT2D eigenvalue weighted by Crippen LogP contribution is -2.36. The Kier molecular flexibility index (Phi) is 8.61. The van der Waals surface area contributed by atoms with Gasteiger partial charge in [-0.05, 0) is 66.6 Å². The lowest BCUT2D eigenvalue weighted by molar-refractivity contribution is 0.0695. The molecule has 2 aromatic carbocycles. The zero-order valence-corrected chi connectivity index (χ0v) is 24.3.